The van der Waals surface area contributed by atoms with Crippen LogP contribution >= 0.6 is 0 Å². The summed E-state index contributed by atoms with van der Waals surface area (Å²) in [5, 5.41) is 64.1. The second kappa shape index (κ2) is 31.7. The molecule has 50 heavy (non-hydrogen) atoms. The first kappa shape index (κ1) is 47.2. The summed E-state index contributed by atoms with van der Waals surface area (Å²) in [4.78, 5) is 12.8. The number of hydrogen-bond donors (Lipinski definition) is 7. The van der Waals surface area contributed by atoms with Crippen LogP contribution in [0.3, 0.4) is 0 Å². The third kappa shape index (κ3) is 22.3. The average Bonchev–Trinajstić information content (AvgIpc) is 3.11. The van der Waals surface area contributed by atoms with Gasteiger partial charge in [0.15, 0.2) is 6.29 Å². The quantitative estimate of drug-likeness (QED) is 0.0364. The predicted molar refractivity (Wildman–Crippen MR) is 200 cm³/mol. The molecule has 1 amide bonds. The van der Waals surface area contributed by atoms with Gasteiger partial charge in [0.1, 0.15) is 30.5 Å². The molecular weight excluding hydrogens is 638 g/mol. The van der Waals surface area contributed by atoms with Crippen LogP contribution in [0.25, 0.3) is 0 Å². The van der Waals surface area contributed by atoms with Gasteiger partial charge >= 0.3 is 0 Å². The van der Waals surface area contributed by atoms with E-state index >= 15 is 0 Å². The number of aliphatic hydroxyl groups is 6. The summed E-state index contributed by atoms with van der Waals surface area (Å²) < 4.78 is 11.0. The second-order valence-electron chi connectivity index (χ2n) is 14.9. The van der Waals surface area contributed by atoms with Gasteiger partial charge in [0.25, 0.3) is 0 Å². The molecule has 0 unspecified atom stereocenters. The number of carbonyl (C=O) groups is 1. The SMILES string of the molecule is CCCCCCCCCCCCCCCCCCCCCCCCC(=O)N[C@@H](CO[C@H]1O[C@H](CO)[C@H](O)[C@H](O)[C@H]1O)[C@H](O)[C@H](O)CCCCC. The first-order chi connectivity index (χ1) is 24.3. The van der Waals surface area contributed by atoms with Gasteiger partial charge in [0.05, 0.1) is 25.4 Å². The highest BCUT2D eigenvalue weighted by atomic mass is 16.7. The van der Waals surface area contributed by atoms with E-state index < -0.39 is 55.6 Å². The van der Waals surface area contributed by atoms with Gasteiger partial charge < -0.3 is 45.4 Å². The zero-order chi connectivity index (χ0) is 36.8. The highest BCUT2D eigenvalue weighted by Crippen LogP contribution is 2.23. The Morgan fingerprint density at radius 3 is 1.48 bits per heavy atom. The van der Waals surface area contributed by atoms with E-state index in [4.69, 9.17) is 9.47 Å². The smallest absolute Gasteiger partial charge is 0.220 e. The summed E-state index contributed by atoms with van der Waals surface area (Å²) in [6, 6.07) is -0.980. The molecule has 1 rings (SSSR count). The molecule has 0 aromatic heterocycles. The zero-order valence-corrected chi connectivity index (χ0v) is 32.0. The number of aliphatic hydroxyl groups excluding tert-OH is 6. The molecule has 0 aromatic carbocycles. The lowest BCUT2D eigenvalue weighted by molar-refractivity contribution is -0.303. The first-order valence-corrected chi connectivity index (χ1v) is 20.8. The molecular formula is C40H79NO9. The van der Waals surface area contributed by atoms with E-state index in [0.717, 1.165) is 38.5 Å². The molecule has 1 heterocycles. The van der Waals surface area contributed by atoms with Crippen molar-refractivity contribution in [1.82, 2.24) is 5.32 Å². The lowest BCUT2D eigenvalue weighted by Gasteiger charge is -2.40. The number of ether oxygens (including phenoxy) is 2. The normalized spacial score (nSPS) is 22.8. The topological polar surface area (TPSA) is 169 Å². The van der Waals surface area contributed by atoms with Gasteiger partial charge in [-0.3, -0.25) is 4.79 Å². The fourth-order valence-electron chi connectivity index (χ4n) is 6.84. The van der Waals surface area contributed by atoms with Crippen LogP contribution in [0, 0.1) is 0 Å². The molecule has 0 aliphatic carbocycles. The summed E-state index contributed by atoms with van der Waals surface area (Å²) in [5.41, 5.74) is 0. The van der Waals surface area contributed by atoms with E-state index in [-0.39, 0.29) is 18.9 Å². The molecule has 0 radical (unpaired) electrons. The minimum Gasteiger partial charge on any atom is -0.394 e. The predicted octanol–water partition coefficient (Wildman–Crippen LogP) is 6.58. The number of hydrogen-bond acceptors (Lipinski definition) is 9. The summed E-state index contributed by atoms with van der Waals surface area (Å²) in [6.45, 7) is 3.42. The minimum absolute atomic E-state index is 0.264. The van der Waals surface area contributed by atoms with E-state index in [1.807, 2.05) is 6.92 Å². The Bertz CT molecular complexity index is 773. The summed E-state index contributed by atoms with van der Waals surface area (Å²) in [6.07, 6.45) is 22.2. The highest BCUT2D eigenvalue weighted by Gasteiger charge is 2.44. The van der Waals surface area contributed by atoms with E-state index in [9.17, 15) is 35.4 Å². The van der Waals surface area contributed by atoms with Crippen molar-refractivity contribution in [3.8, 4) is 0 Å². The molecule has 0 bridgehead atoms. The maximum absolute atomic E-state index is 12.8. The average molecular weight is 718 g/mol. The Morgan fingerprint density at radius 2 is 1.04 bits per heavy atom. The van der Waals surface area contributed by atoms with Gasteiger partial charge in [-0.25, -0.2) is 0 Å². The van der Waals surface area contributed by atoms with Crippen LogP contribution in [0.2, 0.25) is 0 Å². The molecule has 298 valence electrons. The summed E-state index contributed by atoms with van der Waals surface area (Å²) in [5.74, 6) is -0.264. The lowest BCUT2D eigenvalue weighted by atomic mass is 9.99. The van der Waals surface area contributed by atoms with Gasteiger partial charge in [-0.05, 0) is 12.8 Å². The van der Waals surface area contributed by atoms with Crippen molar-refractivity contribution in [2.45, 2.75) is 236 Å². The Labute approximate surface area is 305 Å². The Balaban J connectivity index is 2.18. The lowest BCUT2D eigenvalue weighted by Crippen LogP contribution is -2.60. The molecule has 1 saturated heterocycles. The van der Waals surface area contributed by atoms with Crippen LogP contribution in [0.5, 0.6) is 0 Å². The number of unbranched alkanes of at least 4 members (excludes halogenated alkanes) is 23. The van der Waals surface area contributed by atoms with Gasteiger partial charge in [-0.1, -0.05) is 168 Å². The molecule has 10 nitrogen and oxygen atoms in total. The maximum atomic E-state index is 12.8. The fraction of sp³-hybridized carbons (Fsp3) is 0.975. The second-order valence-corrected chi connectivity index (χ2v) is 14.9. The van der Waals surface area contributed by atoms with Crippen LogP contribution in [0.4, 0.5) is 0 Å². The van der Waals surface area contributed by atoms with Crippen molar-refractivity contribution in [2.75, 3.05) is 13.2 Å². The van der Waals surface area contributed by atoms with Crippen molar-refractivity contribution in [3.05, 3.63) is 0 Å². The molecule has 0 aromatic rings. The maximum Gasteiger partial charge on any atom is 0.220 e. The molecule has 1 aliphatic heterocycles. The van der Waals surface area contributed by atoms with Crippen LogP contribution in [0.15, 0.2) is 0 Å². The Kier molecular flexibility index (Phi) is 29.9. The van der Waals surface area contributed by atoms with E-state index in [1.165, 1.54) is 122 Å². The molecule has 7 N–H and O–H groups in total. The number of amides is 1. The third-order valence-corrected chi connectivity index (χ3v) is 10.3. The van der Waals surface area contributed by atoms with Crippen molar-refractivity contribution in [1.29, 1.82) is 0 Å². The van der Waals surface area contributed by atoms with Gasteiger partial charge in [-0.2, -0.15) is 0 Å². The van der Waals surface area contributed by atoms with Crippen LogP contribution in [-0.4, -0.2) is 98.7 Å². The number of carbonyl (C=O) groups excluding carboxylic acids is 1. The Morgan fingerprint density at radius 1 is 0.620 bits per heavy atom. The number of rotatable bonds is 34. The van der Waals surface area contributed by atoms with Crippen LogP contribution in [0.1, 0.15) is 187 Å². The van der Waals surface area contributed by atoms with Crippen LogP contribution in [-0.2, 0) is 14.3 Å². The number of nitrogens with one attached hydrogen (secondary N) is 1. The van der Waals surface area contributed by atoms with Crippen molar-refractivity contribution >= 4 is 5.91 Å². The Hall–Kier alpha value is -0.850. The van der Waals surface area contributed by atoms with Gasteiger partial charge in [0, 0.05) is 6.42 Å². The third-order valence-electron chi connectivity index (χ3n) is 10.3. The van der Waals surface area contributed by atoms with Gasteiger partial charge in [0.2, 0.25) is 5.91 Å². The van der Waals surface area contributed by atoms with Crippen molar-refractivity contribution < 1.29 is 44.9 Å². The van der Waals surface area contributed by atoms with Crippen molar-refractivity contribution in [2.24, 2.45) is 0 Å². The monoisotopic (exact) mass is 718 g/mol. The first-order valence-electron chi connectivity index (χ1n) is 20.8. The molecule has 1 aliphatic rings. The molecule has 1 fully saturated rings. The van der Waals surface area contributed by atoms with Crippen molar-refractivity contribution in [3.63, 3.8) is 0 Å². The molecule has 0 spiro atoms. The van der Waals surface area contributed by atoms with Crippen LogP contribution < -0.4 is 5.32 Å². The highest BCUT2D eigenvalue weighted by molar-refractivity contribution is 5.76. The van der Waals surface area contributed by atoms with E-state index in [0.29, 0.717) is 6.42 Å². The summed E-state index contributed by atoms with van der Waals surface area (Å²) >= 11 is 0. The largest absolute Gasteiger partial charge is 0.394 e. The fourth-order valence-corrected chi connectivity index (χ4v) is 6.84. The van der Waals surface area contributed by atoms with Gasteiger partial charge in [-0.15, -0.1) is 0 Å². The zero-order valence-electron chi connectivity index (χ0n) is 32.0. The molecule has 0 saturated carbocycles. The van der Waals surface area contributed by atoms with E-state index in [1.54, 1.807) is 0 Å². The molecule has 10 heteroatoms. The molecule has 8 atom stereocenters. The minimum atomic E-state index is -1.60. The van der Waals surface area contributed by atoms with E-state index in [2.05, 4.69) is 12.2 Å². The standard InChI is InChI=1S/C40H79NO9/c1-3-5-7-8-9-10-11-12-13-14-15-16-17-18-19-20-21-22-23-24-25-27-29-35(44)41-32(36(45)33(43)28-26-6-4-2)31-49-40-39(48)38(47)37(46)34(30-42)50-40/h32-34,36-40,42-43,45-48H,3-31H2,1-2H3,(H,41,44)/t32-,33+,34+,36-,37-,38-,39+,40-/m0/s1. The summed E-state index contributed by atoms with van der Waals surface area (Å²) in [7, 11) is 0.